The average molecular weight is 310 g/mol. The molecule has 0 aromatic carbocycles. The Bertz CT molecular complexity index is 912. The Morgan fingerprint density at radius 1 is 1.43 bits per heavy atom. The molecule has 116 valence electrons. The molecule has 3 aromatic rings. The molecule has 0 saturated heterocycles. The number of aromatic nitrogens is 4. The molecule has 4 rings (SSSR count). The molecule has 4 heterocycles. The molecule has 3 aromatic heterocycles. The molecule has 23 heavy (non-hydrogen) atoms. The largest absolute Gasteiger partial charge is 0.349 e. The predicted molar refractivity (Wildman–Crippen MR) is 83.3 cm³/mol. The van der Waals surface area contributed by atoms with E-state index in [2.05, 4.69) is 25.8 Å². The fourth-order valence-electron chi connectivity index (χ4n) is 2.78. The lowest BCUT2D eigenvalue weighted by Gasteiger charge is -2.23. The highest BCUT2D eigenvalue weighted by Gasteiger charge is 2.25. The van der Waals surface area contributed by atoms with Gasteiger partial charge in [0, 0.05) is 18.1 Å². The molecule has 0 spiro atoms. The summed E-state index contributed by atoms with van der Waals surface area (Å²) in [5.41, 5.74) is 2.07. The lowest BCUT2D eigenvalue weighted by molar-refractivity contribution is 0.0918. The van der Waals surface area contributed by atoms with Crippen LogP contribution in [0.4, 0.5) is 5.69 Å². The summed E-state index contributed by atoms with van der Waals surface area (Å²) in [6.07, 6.45) is 3.10. The lowest BCUT2D eigenvalue weighted by Crippen LogP contribution is -2.37. The molecule has 0 radical (unpaired) electrons. The van der Waals surface area contributed by atoms with E-state index in [9.17, 15) is 9.59 Å². The van der Waals surface area contributed by atoms with E-state index in [0.717, 1.165) is 5.39 Å². The van der Waals surface area contributed by atoms with Gasteiger partial charge in [-0.3, -0.25) is 14.7 Å². The monoisotopic (exact) mass is 310 g/mol. The van der Waals surface area contributed by atoms with Crippen molar-refractivity contribution in [3.8, 4) is 0 Å². The molecule has 0 saturated carbocycles. The Morgan fingerprint density at radius 3 is 3.09 bits per heavy atom. The Morgan fingerprint density at radius 2 is 2.30 bits per heavy atom. The van der Waals surface area contributed by atoms with Gasteiger partial charge in [0.1, 0.15) is 17.0 Å². The Kier molecular flexibility index (Phi) is 2.90. The minimum atomic E-state index is -0.322. The Labute approximate surface area is 130 Å². The van der Waals surface area contributed by atoms with Crippen molar-refractivity contribution in [3.63, 3.8) is 0 Å². The van der Waals surface area contributed by atoms with E-state index in [4.69, 9.17) is 0 Å². The van der Waals surface area contributed by atoms with E-state index in [-0.39, 0.29) is 23.6 Å². The number of hydrogen-bond acceptors (Lipinski definition) is 4. The summed E-state index contributed by atoms with van der Waals surface area (Å²) in [5.74, 6) is -0.442. The third-order valence-electron chi connectivity index (χ3n) is 3.91. The standard InChI is InChI=1S/C15H14N6O2/c1-8-5-16-15(23)12-4-9-2-3-11(20-13(9)21(8)12)14(22)19-10-6-17-18-7-10/h2-4,6-8H,5H2,1H3,(H,16,23)(H,17,18)(H,19,22)/t8-/m1/s1. The molecule has 8 nitrogen and oxygen atoms in total. The lowest BCUT2D eigenvalue weighted by atomic mass is 10.2. The first-order chi connectivity index (χ1) is 11.1. The Hall–Kier alpha value is -3.16. The van der Waals surface area contributed by atoms with Gasteiger partial charge < -0.3 is 15.2 Å². The van der Waals surface area contributed by atoms with Crippen LogP contribution in [0.3, 0.4) is 0 Å². The van der Waals surface area contributed by atoms with Gasteiger partial charge in [-0.1, -0.05) is 0 Å². The molecule has 0 fully saturated rings. The van der Waals surface area contributed by atoms with Crippen molar-refractivity contribution in [2.75, 3.05) is 11.9 Å². The summed E-state index contributed by atoms with van der Waals surface area (Å²) in [6, 6.07) is 5.33. The van der Waals surface area contributed by atoms with Crippen LogP contribution < -0.4 is 10.6 Å². The van der Waals surface area contributed by atoms with E-state index in [1.165, 1.54) is 6.20 Å². The zero-order valence-corrected chi connectivity index (χ0v) is 12.3. The molecule has 0 aliphatic carbocycles. The van der Waals surface area contributed by atoms with E-state index < -0.39 is 0 Å². The number of rotatable bonds is 2. The normalized spacial score (nSPS) is 16.9. The zero-order chi connectivity index (χ0) is 16.0. The first-order valence-corrected chi connectivity index (χ1v) is 7.24. The topological polar surface area (TPSA) is 105 Å². The number of fused-ring (bicyclic) bond motifs is 3. The Balaban J connectivity index is 1.77. The van der Waals surface area contributed by atoms with Gasteiger partial charge in [-0.25, -0.2) is 4.98 Å². The number of H-pyrrole nitrogens is 1. The summed E-state index contributed by atoms with van der Waals surface area (Å²) < 4.78 is 1.88. The average Bonchev–Trinajstić information content (AvgIpc) is 3.18. The first kappa shape index (κ1) is 13.5. The summed E-state index contributed by atoms with van der Waals surface area (Å²) in [5, 5.41) is 12.8. The van der Waals surface area contributed by atoms with E-state index in [1.807, 2.05) is 11.5 Å². The predicted octanol–water partition coefficient (Wildman–Crippen LogP) is 1.32. The van der Waals surface area contributed by atoms with Gasteiger partial charge >= 0.3 is 0 Å². The van der Waals surface area contributed by atoms with Crippen molar-refractivity contribution in [3.05, 3.63) is 42.0 Å². The van der Waals surface area contributed by atoms with Crippen LogP contribution in [0.1, 0.15) is 33.9 Å². The minimum absolute atomic E-state index is 0.0832. The number of carbonyl (C=O) groups is 2. The maximum Gasteiger partial charge on any atom is 0.274 e. The van der Waals surface area contributed by atoms with Gasteiger partial charge in [0.2, 0.25) is 0 Å². The van der Waals surface area contributed by atoms with Crippen molar-refractivity contribution < 1.29 is 9.59 Å². The number of hydrogen-bond donors (Lipinski definition) is 3. The molecule has 0 unspecified atom stereocenters. The zero-order valence-electron chi connectivity index (χ0n) is 12.3. The van der Waals surface area contributed by atoms with E-state index in [0.29, 0.717) is 23.6 Å². The molecule has 0 bridgehead atoms. The number of carbonyl (C=O) groups excluding carboxylic acids is 2. The highest BCUT2D eigenvalue weighted by atomic mass is 16.2. The van der Waals surface area contributed by atoms with Crippen LogP contribution in [0, 0.1) is 0 Å². The van der Waals surface area contributed by atoms with Gasteiger partial charge in [0.25, 0.3) is 11.8 Å². The van der Waals surface area contributed by atoms with Crippen LogP contribution >= 0.6 is 0 Å². The second kappa shape index (κ2) is 4.94. The van der Waals surface area contributed by atoms with Crippen molar-refractivity contribution >= 4 is 28.5 Å². The molecule has 1 aliphatic rings. The van der Waals surface area contributed by atoms with Crippen LogP contribution in [0.25, 0.3) is 11.0 Å². The maximum absolute atomic E-state index is 12.3. The number of amides is 2. The van der Waals surface area contributed by atoms with Gasteiger partial charge in [0.15, 0.2) is 0 Å². The summed E-state index contributed by atoms with van der Waals surface area (Å²) in [4.78, 5) is 28.7. The molecule has 1 atom stereocenters. The van der Waals surface area contributed by atoms with Gasteiger partial charge in [-0.2, -0.15) is 5.10 Å². The van der Waals surface area contributed by atoms with Gasteiger partial charge in [-0.15, -0.1) is 0 Å². The van der Waals surface area contributed by atoms with E-state index >= 15 is 0 Å². The van der Waals surface area contributed by atoms with Crippen molar-refractivity contribution in [2.45, 2.75) is 13.0 Å². The maximum atomic E-state index is 12.3. The molecular weight excluding hydrogens is 296 g/mol. The smallest absolute Gasteiger partial charge is 0.274 e. The SMILES string of the molecule is C[C@@H]1CNC(=O)c2cc3ccc(C(=O)Nc4cn[nH]c4)nc3n21. The molecular formula is C15H14N6O2. The number of nitrogens with one attached hydrogen (secondary N) is 3. The summed E-state index contributed by atoms with van der Waals surface area (Å²) in [6.45, 7) is 2.55. The molecule has 3 N–H and O–H groups in total. The quantitative estimate of drug-likeness (QED) is 0.664. The first-order valence-electron chi connectivity index (χ1n) is 7.24. The van der Waals surface area contributed by atoms with Crippen LogP contribution in [-0.4, -0.2) is 38.1 Å². The van der Waals surface area contributed by atoms with Gasteiger partial charge in [-0.05, 0) is 25.1 Å². The van der Waals surface area contributed by atoms with Crippen LogP contribution in [0.15, 0.2) is 30.6 Å². The number of anilines is 1. The highest BCUT2D eigenvalue weighted by molar-refractivity contribution is 6.04. The fourth-order valence-corrected chi connectivity index (χ4v) is 2.78. The van der Waals surface area contributed by atoms with Gasteiger partial charge in [0.05, 0.1) is 17.9 Å². The minimum Gasteiger partial charge on any atom is -0.349 e. The number of pyridine rings is 1. The molecule has 1 aliphatic heterocycles. The molecule has 2 amide bonds. The van der Waals surface area contributed by atoms with Crippen LogP contribution in [-0.2, 0) is 0 Å². The van der Waals surface area contributed by atoms with Crippen molar-refractivity contribution in [1.82, 2.24) is 25.1 Å². The number of nitrogens with zero attached hydrogens (tertiary/aromatic N) is 3. The van der Waals surface area contributed by atoms with Crippen molar-refractivity contribution in [2.24, 2.45) is 0 Å². The third-order valence-corrected chi connectivity index (χ3v) is 3.91. The van der Waals surface area contributed by atoms with Crippen LogP contribution in [0.5, 0.6) is 0 Å². The summed E-state index contributed by atoms with van der Waals surface area (Å²) in [7, 11) is 0. The fraction of sp³-hybridized carbons (Fsp3) is 0.200. The third kappa shape index (κ3) is 2.15. The molecule has 8 heteroatoms. The van der Waals surface area contributed by atoms with Crippen LogP contribution in [0.2, 0.25) is 0 Å². The second-order valence-corrected chi connectivity index (χ2v) is 5.51. The van der Waals surface area contributed by atoms with Crippen molar-refractivity contribution in [1.29, 1.82) is 0 Å². The number of aromatic amines is 1. The summed E-state index contributed by atoms with van der Waals surface area (Å²) >= 11 is 0. The second-order valence-electron chi connectivity index (χ2n) is 5.51. The highest BCUT2D eigenvalue weighted by Crippen LogP contribution is 2.25. The van der Waals surface area contributed by atoms with E-state index in [1.54, 1.807) is 24.4 Å².